The first-order valence-corrected chi connectivity index (χ1v) is 12.7. The number of aliphatic imine (C=N–C) groups is 2. The van der Waals surface area contributed by atoms with E-state index in [2.05, 4.69) is 32.2 Å². The maximum atomic E-state index is 13.3. The molecule has 1 aliphatic carbocycles. The molecule has 198 valence electrons. The Bertz CT molecular complexity index is 1340. The number of amides is 2. The number of aromatic nitrogens is 2. The summed E-state index contributed by atoms with van der Waals surface area (Å²) in [6, 6.07) is 7.19. The number of carbonyl (C=O) groups excluding carboxylic acids is 2. The second kappa shape index (κ2) is 11.4. The number of nitrogens with two attached hydrogens (primary N) is 1. The predicted molar refractivity (Wildman–Crippen MR) is 148 cm³/mol. The molecule has 0 radical (unpaired) electrons. The lowest BCUT2D eigenvalue weighted by atomic mass is 10.1. The third kappa shape index (κ3) is 6.50. The Labute approximate surface area is 222 Å². The van der Waals surface area contributed by atoms with Crippen LogP contribution in [0, 0.1) is 0 Å². The van der Waals surface area contributed by atoms with Crippen molar-refractivity contribution >= 4 is 29.4 Å². The third-order valence-electron chi connectivity index (χ3n) is 5.78. The fourth-order valence-electron chi connectivity index (χ4n) is 3.89. The number of ether oxygens (including phenoxy) is 1. The molecule has 1 aromatic carbocycles. The molecule has 0 spiro atoms. The zero-order valence-corrected chi connectivity index (χ0v) is 22.2. The number of hydrogen-bond acceptors (Lipinski definition) is 8. The molecule has 0 unspecified atom stereocenters. The summed E-state index contributed by atoms with van der Waals surface area (Å²) < 4.78 is 5.28. The van der Waals surface area contributed by atoms with E-state index >= 15 is 0 Å². The van der Waals surface area contributed by atoms with Crippen LogP contribution in [0.25, 0.3) is 11.3 Å². The summed E-state index contributed by atoms with van der Waals surface area (Å²) in [5.74, 6) is 0.574. The van der Waals surface area contributed by atoms with E-state index in [1.807, 2.05) is 30.4 Å². The first-order chi connectivity index (χ1) is 18.1. The highest BCUT2D eigenvalue weighted by molar-refractivity contribution is 6.23. The van der Waals surface area contributed by atoms with E-state index in [-0.39, 0.29) is 11.7 Å². The average Bonchev–Trinajstić information content (AvgIpc) is 3.48. The standard InChI is InChI=1S/C28H33N7O3/c1-5-6-15-35(16-14-30-27(37)38-28(2,3)4)26(36)19-12-10-18(11-13-19)22-17-31-24(29)23(32-22)25-33-20-8-7-9-21(20)34-25/h7-13,17H,5-6,14-16H2,1-4H3,(H2,29,31)(H,30,37). The van der Waals surface area contributed by atoms with Gasteiger partial charge in [0.25, 0.3) is 5.91 Å². The normalized spacial score (nSPS) is 13.9. The highest BCUT2D eigenvalue weighted by Crippen LogP contribution is 2.24. The lowest BCUT2D eigenvalue weighted by Gasteiger charge is -2.24. The van der Waals surface area contributed by atoms with Crippen LogP contribution in [0.2, 0.25) is 0 Å². The van der Waals surface area contributed by atoms with Crippen LogP contribution in [0.4, 0.5) is 10.6 Å². The van der Waals surface area contributed by atoms with Crippen LogP contribution in [0.15, 0.2) is 64.4 Å². The number of nitrogens with one attached hydrogen (secondary N) is 1. The summed E-state index contributed by atoms with van der Waals surface area (Å²) in [6.07, 6.45) is 8.56. The first kappa shape index (κ1) is 26.7. The molecular weight excluding hydrogens is 482 g/mol. The average molecular weight is 516 g/mol. The van der Waals surface area contributed by atoms with Crippen molar-refractivity contribution in [1.29, 1.82) is 0 Å². The summed E-state index contributed by atoms with van der Waals surface area (Å²) in [5, 5.41) is 2.72. The number of carbonyl (C=O) groups is 2. The van der Waals surface area contributed by atoms with Crippen molar-refractivity contribution in [2.24, 2.45) is 9.98 Å². The Morgan fingerprint density at radius 2 is 1.87 bits per heavy atom. The Morgan fingerprint density at radius 3 is 2.55 bits per heavy atom. The van der Waals surface area contributed by atoms with Gasteiger partial charge in [0, 0.05) is 30.8 Å². The van der Waals surface area contributed by atoms with E-state index in [0.717, 1.165) is 29.8 Å². The van der Waals surface area contributed by atoms with Crippen LogP contribution in [0.5, 0.6) is 0 Å². The van der Waals surface area contributed by atoms with E-state index in [9.17, 15) is 9.59 Å². The number of nitrogen functional groups attached to an aromatic ring is 1. The molecule has 2 heterocycles. The van der Waals surface area contributed by atoms with Crippen molar-refractivity contribution in [2.45, 2.75) is 46.1 Å². The predicted octanol–water partition coefficient (Wildman–Crippen LogP) is 4.15. The van der Waals surface area contributed by atoms with E-state index in [0.29, 0.717) is 42.4 Å². The van der Waals surface area contributed by atoms with Crippen molar-refractivity contribution in [1.82, 2.24) is 20.2 Å². The van der Waals surface area contributed by atoms with Crippen LogP contribution < -0.4 is 11.1 Å². The zero-order chi connectivity index (χ0) is 27.3. The highest BCUT2D eigenvalue weighted by Gasteiger charge is 2.22. The van der Waals surface area contributed by atoms with Crippen LogP contribution in [-0.2, 0) is 4.74 Å². The minimum Gasteiger partial charge on any atom is -0.444 e. The quantitative estimate of drug-likeness (QED) is 0.515. The van der Waals surface area contributed by atoms with Gasteiger partial charge in [0.05, 0.1) is 23.3 Å². The van der Waals surface area contributed by atoms with Gasteiger partial charge in [-0.2, -0.15) is 0 Å². The first-order valence-electron chi connectivity index (χ1n) is 12.7. The zero-order valence-electron chi connectivity index (χ0n) is 22.2. The van der Waals surface area contributed by atoms with E-state index in [1.165, 1.54) is 0 Å². The molecule has 4 rings (SSSR count). The van der Waals surface area contributed by atoms with Gasteiger partial charge in [0.15, 0.2) is 17.3 Å². The summed E-state index contributed by atoms with van der Waals surface area (Å²) in [6.45, 7) is 8.76. The lowest BCUT2D eigenvalue weighted by Crippen LogP contribution is -2.40. The van der Waals surface area contributed by atoms with Gasteiger partial charge in [0.1, 0.15) is 5.60 Å². The van der Waals surface area contributed by atoms with Gasteiger partial charge >= 0.3 is 6.09 Å². The second-order valence-electron chi connectivity index (χ2n) is 9.98. The minimum absolute atomic E-state index is 0.107. The molecule has 2 aliphatic rings. The topological polar surface area (TPSA) is 135 Å². The number of amidine groups is 1. The van der Waals surface area contributed by atoms with Crippen LogP contribution in [0.3, 0.4) is 0 Å². The van der Waals surface area contributed by atoms with E-state index in [4.69, 9.17) is 10.5 Å². The van der Waals surface area contributed by atoms with Crippen molar-refractivity contribution in [3.05, 3.63) is 65.6 Å². The molecular formula is C28H33N7O3. The van der Waals surface area contributed by atoms with Crippen LogP contribution in [-0.4, -0.2) is 63.7 Å². The molecule has 3 N–H and O–H groups in total. The van der Waals surface area contributed by atoms with Crippen molar-refractivity contribution in [2.75, 3.05) is 25.4 Å². The summed E-state index contributed by atoms with van der Waals surface area (Å²) in [5.41, 5.74) is 9.41. The molecule has 10 nitrogen and oxygen atoms in total. The van der Waals surface area contributed by atoms with Gasteiger partial charge in [-0.1, -0.05) is 31.6 Å². The molecule has 0 bridgehead atoms. The molecule has 1 aromatic heterocycles. The smallest absolute Gasteiger partial charge is 0.407 e. The minimum atomic E-state index is -0.578. The fourth-order valence-corrected chi connectivity index (χ4v) is 3.89. The monoisotopic (exact) mass is 515 g/mol. The van der Waals surface area contributed by atoms with Gasteiger partial charge in [0.2, 0.25) is 0 Å². The number of hydrogen-bond donors (Lipinski definition) is 2. The molecule has 0 fully saturated rings. The largest absolute Gasteiger partial charge is 0.444 e. The summed E-state index contributed by atoms with van der Waals surface area (Å²) in [4.78, 5) is 44.9. The van der Waals surface area contributed by atoms with Crippen molar-refractivity contribution < 1.29 is 14.3 Å². The fraction of sp³-hybridized carbons (Fsp3) is 0.357. The Balaban J connectivity index is 1.45. The number of fused-ring (bicyclic) bond motifs is 1. The number of unbranched alkanes of at least 4 members (excludes halogenated alkanes) is 1. The highest BCUT2D eigenvalue weighted by atomic mass is 16.6. The van der Waals surface area contributed by atoms with Crippen molar-refractivity contribution in [3.8, 4) is 11.3 Å². The molecule has 38 heavy (non-hydrogen) atoms. The summed E-state index contributed by atoms with van der Waals surface area (Å²) in [7, 11) is 0. The van der Waals surface area contributed by atoms with Crippen molar-refractivity contribution in [3.63, 3.8) is 0 Å². The molecule has 0 saturated carbocycles. The SMILES string of the molecule is CCCCN(CCNC(=O)OC(C)(C)C)C(=O)c1ccc(-c2cnc(N)c(C3=NC4=CC=CC4=N3)n2)cc1. The van der Waals surface area contributed by atoms with Gasteiger partial charge < -0.3 is 20.7 Å². The number of alkyl carbamates (subject to hydrolysis) is 1. The van der Waals surface area contributed by atoms with Gasteiger partial charge in [-0.25, -0.2) is 24.7 Å². The maximum Gasteiger partial charge on any atom is 0.407 e. The Morgan fingerprint density at radius 1 is 1.11 bits per heavy atom. The molecule has 0 atom stereocenters. The van der Waals surface area contributed by atoms with Gasteiger partial charge in [-0.15, -0.1) is 0 Å². The number of anilines is 1. The molecule has 10 heteroatoms. The number of rotatable bonds is 9. The third-order valence-corrected chi connectivity index (χ3v) is 5.78. The Hall–Kier alpha value is -4.34. The molecule has 2 amide bonds. The van der Waals surface area contributed by atoms with Crippen LogP contribution in [0.1, 0.15) is 56.6 Å². The molecule has 0 saturated heterocycles. The lowest BCUT2D eigenvalue weighted by molar-refractivity contribution is 0.0513. The second-order valence-corrected chi connectivity index (χ2v) is 9.98. The number of nitrogens with zero attached hydrogens (tertiary/aromatic N) is 5. The Kier molecular flexibility index (Phi) is 7.99. The van der Waals surface area contributed by atoms with Gasteiger partial charge in [-0.3, -0.25) is 4.79 Å². The molecule has 2 aromatic rings. The molecule has 1 aliphatic heterocycles. The van der Waals surface area contributed by atoms with Gasteiger partial charge in [-0.05, 0) is 51.5 Å². The number of allylic oxidation sites excluding steroid dienone is 3. The van der Waals surface area contributed by atoms with Crippen LogP contribution >= 0.6 is 0 Å². The maximum absolute atomic E-state index is 13.3. The van der Waals surface area contributed by atoms with E-state index in [1.54, 1.807) is 44.0 Å². The summed E-state index contributed by atoms with van der Waals surface area (Å²) >= 11 is 0. The van der Waals surface area contributed by atoms with E-state index < -0.39 is 11.7 Å². The number of benzene rings is 1.